The highest BCUT2D eigenvalue weighted by Gasteiger charge is 2.30. The Bertz CT molecular complexity index is 1670. The zero-order chi connectivity index (χ0) is 27.9. The lowest BCUT2D eigenvalue weighted by Crippen LogP contribution is -2.49. The second-order valence-electron chi connectivity index (χ2n) is 11.1. The number of likely N-dealkylation sites (N-methyl/N-ethyl adjacent to an activating group) is 1. The van der Waals surface area contributed by atoms with Gasteiger partial charge in [-0.1, -0.05) is 23.5 Å². The van der Waals surface area contributed by atoms with Gasteiger partial charge in [0.2, 0.25) is 0 Å². The standard InChI is InChI=1S/C30H35N9OS/c1-37-13-15-38(16-14-37)21-7-9-22(10-8-21)39-29-26(28(31)32-18-33-29)27(36-39)19-3-5-20(6-4-19)34-30-35-24-12-11-23(40-2)17-25(24)41-30/h3-6,11-12,17-18,21-22H,7-10,13-16H2,1-2H3,(H,34,35)(H2,31,32,33)/t21-,22+. The van der Waals surface area contributed by atoms with Crippen molar-refractivity contribution in [2.45, 2.75) is 37.8 Å². The lowest BCUT2D eigenvalue weighted by atomic mass is 9.90. The summed E-state index contributed by atoms with van der Waals surface area (Å²) in [7, 11) is 3.89. The average molecular weight is 570 g/mol. The first-order valence-corrected chi connectivity index (χ1v) is 15.1. The van der Waals surface area contributed by atoms with Gasteiger partial charge in [0, 0.05) is 43.5 Å². The number of nitrogens with two attached hydrogens (primary N) is 1. The van der Waals surface area contributed by atoms with Crippen LogP contribution in [0.15, 0.2) is 48.8 Å². The van der Waals surface area contributed by atoms with Gasteiger partial charge in [-0.3, -0.25) is 4.90 Å². The van der Waals surface area contributed by atoms with Crippen molar-refractivity contribution >= 4 is 49.2 Å². The fourth-order valence-electron chi connectivity index (χ4n) is 6.23. The molecule has 1 saturated carbocycles. The number of hydrogen-bond donors (Lipinski definition) is 2. The largest absolute Gasteiger partial charge is 0.497 e. The van der Waals surface area contributed by atoms with Crippen molar-refractivity contribution in [1.29, 1.82) is 0 Å². The van der Waals surface area contributed by atoms with Crippen molar-refractivity contribution in [2.24, 2.45) is 0 Å². The summed E-state index contributed by atoms with van der Waals surface area (Å²) in [5, 5.41) is 10.2. The highest BCUT2D eigenvalue weighted by Crippen LogP contribution is 2.38. The maximum Gasteiger partial charge on any atom is 0.188 e. The molecule has 0 radical (unpaired) electrons. The molecule has 1 aliphatic carbocycles. The van der Waals surface area contributed by atoms with E-state index in [0.29, 0.717) is 17.9 Å². The predicted octanol–water partition coefficient (Wildman–Crippen LogP) is 5.17. The van der Waals surface area contributed by atoms with E-state index in [2.05, 4.69) is 48.9 Å². The van der Waals surface area contributed by atoms with Gasteiger partial charge >= 0.3 is 0 Å². The third kappa shape index (κ3) is 5.09. The van der Waals surface area contributed by atoms with Crippen LogP contribution >= 0.6 is 11.3 Å². The smallest absolute Gasteiger partial charge is 0.188 e. The lowest BCUT2D eigenvalue weighted by Gasteiger charge is -2.41. The van der Waals surface area contributed by atoms with Gasteiger partial charge in [-0.25, -0.2) is 19.6 Å². The zero-order valence-electron chi connectivity index (χ0n) is 23.5. The number of rotatable bonds is 6. The van der Waals surface area contributed by atoms with Crippen LogP contribution in [0.2, 0.25) is 0 Å². The number of piperazine rings is 1. The Labute approximate surface area is 243 Å². The van der Waals surface area contributed by atoms with E-state index in [1.54, 1.807) is 24.8 Å². The molecule has 5 aromatic rings. The Morgan fingerprint density at radius 2 is 1.71 bits per heavy atom. The van der Waals surface area contributed by atoms with Gasteiger partial charge in [-0.05, 0) is 63.1 Å². The van der Waals surface area contributed by atoms with E-state index in [1.165, 1.54) is 25.9 Å². The molecular weight excluding hydrogens is 534 g/mol. The average Bonchev–Trinajstić information content (AvgIpc) is 3.59. The number of nitrogen functional groups attached to an aromatic ring is 1. The number of aromatic nitrogens is 5. The quantitative estimate of drug-likeness (QED) is 0.286. The third-order valence-electron chi connectivity index (χ3n) is 8.59. The van der Waals surface area contributed by atoms with Crippen LogP contribution in [0.4, 0.5) is 16.6 Å². The molecule has 2 fully saturated rings. The summed E-state index contributed by atoms with van der Waals surface area (Å²) in [6, 6.07) is 15.1. The third-order valence-corrected chi connectivity index (χ3v) is 9.52. The van der Waals surface area contributed by atoms with E-state index in [9.17, 15) is 0 Å². The molecule has 1 aliphatic heterocycles. The Hall–Kier alpha value is -3.80. The molecule has 3 N–H and O–H groups in total. The molecule has 1 saturated heterocycles. The van der Waals surface area contributed by atoms with Crippen molar-refractivity contribution in [3.63, 3.8) is 0 Å². The summed E-state index contributed by atoms with van der Waals surface area (Å²) in [6.45, 7) is 4.66. The molecule has 2 aromatic carbocycles. The monoisotopic (exact) mass is 569 g/mol. The molecule has 10 nitrogen and oxygen atoms in total. The summed E-state index contributed by atoms with van der Waals surface area (Å²) in [4.78, 5) is 18.8. The molecule has 4 heterocycles. The first-order valence-electron chi connectivity index (χ1n) is 14.3. The molecule has 0 bridgehead atoms. The summed E-state index contributed by atoms with van der Waals surface area (Å²) in [6.07, 6.45) is 6.10. The van der Waals surface area contributed by atoms with Gasteiger partial charge in [-0.2, -0.15) is 5.10 Å². The van der Waals surface area contributed by atoms with Crippen LogP contribution in [0.5, 0.6) is 5.75 Å². The predicted molar refractivity (Wildman–Crippen MR) is 165 cm³/mol. The molecule has 2 aliphatic rings. The molecule has 11 heteroatoms. The van der Waals surface area contributed by atoms with E-state index in [1.807, 2.05) is 30.3 Å². The van der Waals surface area contributed by atoms with Crippen LogP contribution < -0.4 is 15.8 Å². The van der Waals surface area contributed by atoms with Crippen LogP contribution in [-0.2, 0) is 0 Å². The van der Waals surface area contributed by atoms with Crippen LogP contribution in [0.3, 0.4) is 0 Å². The van der Waals surface area contributed by atoms with Gasteiger partial charge in [0.1, 0.15) is 23.6 Å². The zero-order valence-corrected chi connectivity index (χ0v) is 24.3. The van der Waals surface area contributed by atoms with Crippen molar-refractivity contribution in [1.82, 2.24) is 34.5 Å². The van der Waals surface area contributed by atoms with Crippen LogP contribution in [-0.4, -0.2) is 80.9 Å². The fourth-order valence-corrected chi connectivity index (χ4v) is 7.14. The fraction of sp³-hybridized carbons (Fsp3) is 0.400. The van der Waals surface area contributed by atoms with E-state index in [4.69, 9.17) is 20.6 Å². The highest BCUT2D eigenvalue weighted by molar-refractivity contribution is 7.22. The van der Waals surface area contributed by atoms with Crippen molar-refractivity contribution in [3.8, 4) is 17.0 Å². The van der Waals surface area contributed by atoms with Crippen molar-refractivity contribution < 1.29 is 4.74 Å². The van der Waals surface area contributed by atoms with Gasteiger partial charge in [-0.15, -0.1) is 0 Å². The number of thiazole rings is 1. The van der Waals surface area contributed by atoms with Gasteiger partial charge < -0.3 is 20.7 Å². The Kier molecular flexibility index (Phi) is 6.93. The molecule has 7 rings (SSSR count). The maximum atomic E-state index is 6.41. The topological polar surface area (TPSA) is 110 Å². The number of hydrogen-bond acceptors (Lipinski definition) is 10. The Balaban J connectivity index is 1.11. The van der Waals surface area contributed by atoms with Crippen LogP contribution in [0, 0.1) is 0 Å². The highest BCUT2D eigenvalue weighted by atomic mass is 32.1. The Morgan fingerprint density at radius 3 is 2.46 bits per heavy atom. The first kappa shape index (κ1) is 26.1. The van der Waals surface area contributed by atoms with Crippen LogP contribution in [0.1, 0.15) is 31.7 Å². The number of anilines is 3. The normalized spacial score (nSPS) is 20.5. The maximum absolute atomic E-state index is 6.41. The molecule has 0 unspecified atom stereocenters. The van der Waals surface area contributed by atoms with Crippen molar-refractivity contribution in [2.75, 3.05) is 51.4 Å². The number of ether oxygens (including phenoxy) is 1. The van der Waals surface area contributed by atoms with Gasteiger partial charge in [0.15, 0.2) is 10.8 Å². The molecule has 212 valence electrons. The minimum atomic E-state index is 0.308. The number of fused-ring (bicyclic) bond motifs is 2. The molecule has 0 amide bonds. The van der Waals surface area contributed by atoms with Crippen LogP contribution in [0.25, 0.3) is 32.5 Å². The van der Waals surface area contributed by atoms with E-state index < -0.39 is 0 Å². The van der Waals surface area contributed by atoms with E-state index in [-0.39, 0.29) is 0 Å². The molecule has 41 heavy (non-hydrogen) atoms. The number of nitrogens with zero attached hydrogens (tertiary/aromatic N) is 7. The summed E-state index contributed by atoms with van der Waals surface area (Å²) >= 11 is 1.60. The first-order chi connectivity index (χ1) is 20.1. The second kappa shape index (κ2) is 10.9. The SMILES string of the molecule is COc1ccc2nc(Nc3ccc(-c4nn([C@H]5CC[C@@H](N6CCN(C)CC6)CC5)c5ncnc(N)c45)cc3)sc2c1. The number of nitrogens with one attached hydrogen (secondary N) is 1. The summed E-state index contributed by atoms with van der Waals surface area (Å²) in [5.74, 6) is 1.30. The minimum Gasteiger partial charge on any atom is -0.497 e. The molecule has 3 aromatic heterocycles. The van der Waals surface area contributed by atoms with Gasteiger partial charge in [0.25, 0.3) is 0 Å². The van der Waals surface area contributed by atoms with Gasteiger partial charge in [0.05, 0.1) is 28.8 Å². The minimum absolute atomic E-state index is 0.308. The van der Waals surface area contributed by atoms with E-state index in [0.717, 1.165) is 75.0 Å². The second-order valence-corrected chi connectivity index (χ2v) is 12.1. The molecule has 0 spiro atoms. The van der Waals surface area contributed by atoms with E-state index >= 15 is 0 Å². The Morgan fingerprint density at radius 1 is 0.951 bits per heavy atom. The number of methoxy groups -OCH3 is 1. The van der Waals surface area contributed by atoms with Crippen molar-refractivity contribution in [3.05, 3.63) is 48.8 Å². The lowest BCUT2D eigenvalue weighted by molar-refractivity contribution is 0.0815. The summed E-state index contributed by atoms with van der Waals surface area (Å²) in [5.41, 5.74) is 11.0. The molecule has 0 atom stereocenters. The number of benzene rings is 2. The summed E-state index contributed by atoms with van der Waals surface area (Å²) < 4.78 is 8.54. The molecular formula is C30H35N9OS.